The molecule has 0 amide bonds. The fourth-order valence-corrected chi connectivity index (χ4v) is 4.64. The third-order valence-corrected chi connectivity index (χ3v) is 5.73. The zero-order chi connectivity index (χ0) is 15.0. The first-order valence-corrected chi connectivity index (χ1v) is 9.07. The van der Waals surface area contributed by atoms with Crippen molar-refractivity contribution in [3.05, 3.63) is 27.4 Å². The first-order chi connectivity index (χ1) is 10.00. The third-order valence-electron chi connectivity index (χ3n) is 3.90. The van der Waals surface area contributed by atoms with Crippen LogP contribution in [0.1, 0.15) is 50.2 Å². The molecular formula is C16H21BrN2OS. The average molecular weight is 369 g/mol. The van der Waals surface area contributed by atoms with E-state index in [4.69, 9.17) is 9.40 Å². The second-order valence-corrected chi connectivity index (χ2v) is 8.36. The molecule has 0 bridgehead atoms. The second kappa shape index (κ2) is 5.86. The predicted octanol–water partition coefficient (Wildman–Crippen LogP) is 5.18. The molecule has 0 saturated heterocycles. The van der Waals surface area contributed by atoms with Crippen molar-refractivity contribution >= 4 is 27.3 Å². The summed E-state index contributed by atoms with van der Waals surface area (Å²) in [6, 6.07) is 2.34. The van der Waals surface area contributed by atoms with Crippen LogP contribution in [0.4, 0.5) is 0 Å². The molecule has 0 saturated carbocycles. The Labute approximate surface area is 138 Å². The van der Waals surface area contributed by atoms with E-state index < -0.39 is 0 Å². The van der Waals surface area contributed by atoms with Gasteiger partial charge >= 0.3 is 0 Å². The lowest BCUT2D eigenvalue weighted by Gasteiger charge is -2.34. The van der Waals surface area contributed by atoms with Crippen molar-refractivity contribution in [2.75, 3.05) is 6.54 Å². The molecular weight excluding hydrogens is 348 g/mol. The van der Waals surface area contributed by atoms with Crippen molar-refractivity contribution < 1.29 is 4.42 Å². The number of hydrogen-bond donors (Lipinski definition) is 1. The van der Waals surface area contributed by atoms with Gasteiger partial charge in [0.05, 0.1) is 16.4 Å². The highest BCUT2D eigenvalue weighted by molar-refractivity contribution is 9.10. The van der Waals surface area contributed by atoms with Gasteiger partial charge in [-0.2, -0.15) is 0 Å². The summed E-state index contributed by atoms with van der Waals surface area (Å²) in [5.41, 5.74) is 1.53. The van der Waals surface area contributed by atoms with E-state index >= 15 is 0 Å². The molecule has 0 aliphatic heterocycles. The van der Waals surface area contributed by atoms with Crippen LogP contribution in [0.15, 0.2) is 21.2 Å². The van der Waals surface area contributed by atoms with E-state index in [9.17, 15) is 0 Å². The Bertz CT molecular complexity index is 632. The molecule has 1 N–H and O–H groups in total. The number of hydrogen-bond acceptors (Lipinski definition) is 4. The van der Waals surface area contributed by atoms with Crippen molar-refractivity contribution in [1.82, 2.24) is 10.3 Å². The van der Waals surface area contributed by atoms with Crippen molar-refractivity contribution in [2.45, 2.75) is 46.1 Å². The molecule has 5 heteroatoms. The summed E-state index contributed by atoms with van der Waals surface area (Å²) in [6.45, 7) is 7.93. The first-order valence-electron chi connectivity index (χ1n) is 7.46. The molecule has 2 heterocycles. The van der Waals surface area contributed by atoms with Gasteiger partial charge in [0, 0.05) is 10.9 Å². The highest BCUT2D eigenvalue weighted by Gasteiger charge is 2.35. The maximum absolute atomic E-state index is 5.58. The minimum Gasteiger partial charge on any atom is -0.461 e. The van der Waals surface area contributed by atoms with Crippen LogP contribution < -0.4 is 5.32 Å². The molecule has 1 aliphatic carbocycles. The average Bonchev–Trinajstić information content (AvgIpc) is 3.00. The Hall–Kier alpha value is -0.650. The third kappa shape index (κ3) is 3.10. The summed E-state index contributed by atoms with van der Waals surface area (Å²) >= 11 is 5.30. The van der Waals surface area contributed by atoms with Crippen LogP contribution in [0.5, 0.6) is 0 Å². The highest BCUT2D eigenvalue weighted by atomic mass is 79.9. The zero-order valence-electron chi connectivity index (χ0n) is 12.7. The largest absolute Gasteiger partial charge is 0.461 e. The summed E-state index contributed by atoms with van der Waals surface area (Å²) in [5.74, 6) is 0.849. The number of thiazole rings is 1. The Kier molecular flexibility index (Phi) is 4.26. The number of furan rings is 1. The molecule has 3 rings (SSSR count). The molecule has 0 aromatic carbocycles. The molecule has 1 unspecified atom stereocenters. The summed E-state index contributed by atoms with van der Waals surface area (Å²) in [6.07, 6.45) is 5.07. The van der Waals surface area contributed by atoms with E-state index in [-0.39, 0.29) is 0 Å². The Morgan fingerprint density at radius 1 is 1.52 bits per heavy atom. The lowest BCUT2D eigenvalue weighted by molar-refractivity contribution is 0.258. The van der Waals surface area contributed by atoms with Gasteiger partial charge in [-0.05, 0) is 53.2 Å². The molecule has 1 atom stereocenters. The zero-order valence-corrected chi connectivity index (χ0v) is 15.1. The van der Waals surface area contributed by atoms with Gasteiger partial charge in [0.1, 0.15) is 0 Å². The number of halogens is 1. The molecule has 0 fully saturated rings. The van der Waals surface area contributed by atoms with E-state index in [0.717, 1.165) is 34.6 Å². The topological polar surface area (TPSA) is 38.1 Å². The molecule has 2 aromatic rings. The van der Waals surface area contributed by atoms with Crippen LogP contribution in [-0.4, -0.2) is 11.5 Å². The van der Waals surface area contributed by atoms with Crippen molar-refractivity contribution in [3.63, 3.8) is 0 Å². The van der Waals surface area contributed by atoms with Crippen molar-refractivity contribution in [1.29, 1.82) is 0 Å². The van der Waals surface area contributed by atoms with Gasteiger partial charge in [0.15, 0.2) is 10.8 Å². The van der Waals surface area contributed by atoms with E-state index in [1.54, 1.807) is 17.6 Å². The number of nitrogens with zero attached hydrogens (tertiary/aromatic N) is 1. The summed E-state index contributed by atoms with van der Waals surface area (Å²) in [5, 5.41) is 4.67. The first kappa shape index (κ1) is 15.3. The fraction of sp³-hybridized carbons (Fsp3) is 0.562. The number of rotatable bonds is 4. The molecule has 0 radical (unpaired) electrons. The maximum Gasteiger partial charge on any atom is 0.176 e. The molecule has 3 nitrogen and oxygen atoms in total. The Balaban J connectivity index is 1.97. The van der Waals surface area contributed by atoms with E-state index in [1.807, 2.05) is 6.07 Å². The van der Waals surface area contributed by atoms with Crippen LogP contribution in [-0.2, 0) is 6.42 Å². The SMILES string of the molecule is CCCNC1CC(C)(C)Cc2nc(-c3occc3Br)sc21. The van der Waals surface area contributed by atoms with E-state index in [0.29, 0.717) is 11.5 Å². The minimum atomic E-state index is 0.296. The standard InChI is InChI=1S/C16H21BrN2OS/c1-4-6-18-11-8-16(2,3)9-12-14(11)21-15(19-12)13-10(17)5-7-20-13/h5,7,11,18H,4,6,8-9H2,1-3H3. The fourth-order valence-electron chi connectivity index (χ4n) is 2.96. The van der Waals surface area contributed by atoms with Crippen LogP contribution >= 0.6 is 27.3 Å². The molecule has 0 spiro atoms. The van der Waals surface area contributed by atoms with E-state index in [2.05, 4.69) is 42.0 Å². The summed E-state index contributed by atoms with van der Waals surface area (Å²) in [4.78, 5) is 6.25. The van der Waals surface area contributed by atoms with Gasteiger partial charge in [-0.3, -0.25) is 0 Å². The molecule has 2 aromatic heterocycles. The van der Waals surface area contributed by atoms with Gasteiger partial charge in [0.2, 0.25) is 0 Å². The van der Waals surface area contributed by atoms with Crippen molar-refractivity contribution in [3.8, 4) is 10.8 Å². The van der Waals surface area contributed by atoms with Gasteiger partial charge in [-0.15, -0.1) is 11.3 Å². The lowest BCUT2D eigenvalue weighted by Crippen LogP contribution is -2.33. The Morgan fingerprint density at radius 2 is 2.33 bits per heavy atom. The maximum atomic E-state index is 5.58. The van der Waals surface area contributed by atoms with Gasteiger partial charge in [0.25, 0.3) is 0 Å². The summed E-state index contributed by atoms with van der Waals surface area (Å²) < 4.78 is 6.55. The minimum absolute atomic E-state index is 0.296. The Morgan fingerprint density at radius 3 is 3.00 bits per heavy atom. The highest BCUT2D eigenvalue weighted by Crippen LogP contribution is 2.45. The monoisotopic (exact) mass is 368 g/mol. The van der Waals surface area contributed by atoms with Gasteiger partial charge in [-0.1, -0.05) is 20.8 Å². The van der Waals surface area contributed by atoms with Crippen LogP contribution in [0.25, 0.3) is 10.8 Å². The smallest absolute Gasteiger partial charge is 0.176 e. The normalized spacial score (nSPS) is 20.5. The van der Waals surface area contributed by atoms with Crippen LogP contribution in [0, 0.1) is 5.41 Å². The van der Waals surface area contributed by atoms with Gasteiger partial charge < -0.3 is 9.73 Å². The molecule has 114 valence electrons. The number of nitrogens with one attached hydrogen (secondary N) is 1. The van der Waals surface area contributed by atoms with E-state index in [1.165, 1.54) is 17.0 Å². The second-order valence-electron chi connectivity index (χ2n) is 6.48. The molecule has 1 aliphatic rings. The number of fused-ring (bicyclic) bond motifs is 1. The predicted molar refractivity (Wildman–Crippen MR) is 90.7 cm³/mol. The van der Waals surface area contributed by atoms with Gasteiger partial charge in [-0.25, -0.2) is 4.98 Å². The van der Waals surface area contributed by atoms with Crippen LogP contribution in [0.2, 0.25) is 0 Å². The summed E-state index contributed by atoms with van der Waals surface area (Å²) in [7, 11) is 0. The number of aromatic nitrogens is 1. The van der Waals surface area contributed by atoms with Crippen molar-refractivity contribution in [2.24, 2.45) is 5.41 Å². The van der Waals surface area contributed by atoms with Crippen LogP contribution in [0.3, 0.4) is 0 Å². The quantitative estimate of drug-likeness (QED) is 0.807. The molecule has 21 heavy (non-hydrogen) atoms. The lowest BCUT2D eigenvalue weighted by atomic mass is 9.76.